The molecule has 0 saturated heterocycles. The van der Waals surface area contributed by atoms with Gasteiger partial charge in [-0.3, -0.25) is 9.78 Å². The Kier molecular flexibility index (Phi) is 5.31. The van der Waals surface area contributed by atoms with Gasteiger partial charge < -0.3 is 10.1 Å². The summed E-state index contributed by atoms with van der Waals surface area (Å²) in [4.78, 5) is 21.9. The van der Waals surface area contributed by atoms with E-state index in [1.54, 1.807) is 37.7 Å². The molecule has 0 spiro atoms. The van der Waals surface area contributed by atoms with Crippen LogP contribution in [0.5, 0.6) is 5.75 Å². The van der Waals surface area contributed by atoms with Gasteiger partial charge in [0.2, 0.25) is 5.91 Å². The minimum Gasteiger partial charge on any atom is -0.495 e. The molecule has 128 valence electrons. The second-order valence-corrected chi connectivity index (χ2v) is 6.83. The van der Waals surface area contributed by atoms with E-state index in [2.05, 4.69) is 15.3 Å². The van der Waals surface area contributed by atoms with Crippen molar-refractivity contribution in [2.45, 2.75) is 13.3 Å². The molecule has 0 aliphatic rings. The summed E-state index contributed by atoms with van der Waals surface area (Å²) < 4.78 is 5.10. The fourth-order valence-corrected chi connectivity index (χ4v) is 3.61. The van der Waals surface area contributed by atoms with Crippen molar-refractivity contribution >= 4 is 34.5 Å². The van der Waals surface area contributed by atoms with Crippen LogP contribution >= 0.6 is 22.9 Å². The number of anilines is 1. The number of rotatable bonds is 5. The third kappa shape index (κ3) is 4.15. The number of nitrogens with zero attached hydrogens (tertiary/aromatic N) is 2. The first-order chi connectivity index (χ1) is 12.1. The zero-order valence-electron chi connectivity index (χ0n) is 13.7. The lowest BCUT2D eigenvalue weighted by Crippen LogP contribution is -2.14. The van der Waals surface area contributed by atoms with Gasteiger partial charge in [0.05, 0.1) is 24.2 Å². The van der Waals surface area contributed by atoms with Crippen molar-refractivity contribution in [3.63, 3.8) is 0 Å². The smallest absolute Gasteiger partial charge is 0.229 e. The topological polar surface area (TPSA) is 64.1 Å². The average Bonchev–Trinajstić information content (AvgIpc) is 2.96. The fourth-order valence-electron chi connectivity index (χ4n) is 2.30. The largest absolute Gasteiger partial charge is 0.495 e. The van der Waals surface area contributed by atoms with Gasteiger partial charge in [0.15, 0.2) is 0 Å². The zero-order valence-corrected chi connectivity index (χ0v) is 15.3. The van der Waals surface area contributed by atoms with Crippen LogP contribution < -0.4 is 10.1 Å². The predicted molar refractivity (Wildman–Crippen MR) is 100 cm³/mol. The zero-order chi connectivity index (χ0) is 17.8. The lowest BCUT2D eigenvalue weighted by atomic mass is 10.2. The summed E-state index contributed by atoms with van der Waals surface area (Å²) >= 11 is 7.58. The van der Waals surface area contributed by atoms with Gasteiger partial charge in [-0.15, -0.1) is 11.3 Å². The highest BCUT2D eigenvalue weighted by molar-refractivity contribution is 7.15. The van der Waals surface area contributed by atoms with Crippen molar-refractivity contribution in [2.75, 3.05) is 12.4 Å². The molecule has 0 radical (unpaired) electrons. The van der Waals surface area contributed by atoms with E-state index in [4.69, 9.17) is 16.3 Å². The predicted octanol–water partition coefficient (Wildman–Crippen LogP) is 4.36. The molecule has 5 nitrogen and oxygen atoms in total. The Balaban J connectivity index is 1.71. The Morgan fingerprint density at radius 2 is 2.20 bits per heavy atom. The second-order valence-electron chi connectivity index (χ2n) is 5.34. The quantitative estimate of drug-likeness (QED) is 0.721. The van der Waals surface area contributed by atoms with Crippen LogP contribution in [0.1, 0.15) is 10.6 Å². The number of amides is 1. The van der Waals surface area contributed by atoms with Crippen LogP contribution in [0.25, 0.3) is 10.6 Å². The van der Waals surface area contributed by atoms with E-state index in [0.29, 0.717) is 16.5 Å². The van der Waals surface area contributed by atoms with E-state index in [1.165, 1.54) is 11.3 Å². The molecule has 0 fully saturated rings. The van der Waals surface area contributed by atoms with E-state index in [1.807, 2.05) is 19.1 Å². The first kappa shape index (κ1) is 17.4. The molecule has 0 unspecified atom stereocenters. The maximum absolute atomic E-state index is 12.3. The number of hydrogen-bond acceptors (Lipinski definition) is 5. The standard InChI is InChI=1S/C18H16ClN3O2S/c1-11-16(25-18(21-11)12-4-3-7-20-10-12)9-17(23)22-13-5-6-15(24-2)14(19)8-13/h3-8,10H,9H2,1-2H3,(H,22,23). The molecule has 0 aliphatic carbocycles. The maximum Gasteiger partial charge on any atom is 0.229 e. The number of carbonyl (C=O) groups is 1. The molecular formula is C18H16ClN3O2S. The molecule has 0 bridgehead atoms. The van der Waals surface area contributed by atoms with Gasteiger partial charge in [0, 0.05) is 28.5 Å². The van der Waals surface area contributed by atoms with E-state index < -0.39 is 0 Å². The van der Waals surface area contributed by atoms with Gasteiger partial charge in [0.1, 0.15) is 10.8 Å². The minimum absolute atomic E-state index is 0.120. The summed E-state index contributed by atoms with van der Waals surface area (Å²) in [6.07, 6.45) is 3.74. The van der Waals surface area contributed by atoms with Crippen molar-refractivity contribution in [1.29, 1.82) is 0 Å². The number of benzene rings is 1. The molecule has 7 heteroatoms. The summed E-state index contributed by atoms with van der Waals surface area (Å²) in [6.45, 7) is 1.91. The van der Waals surface area contributed by atoms with Gasteiger partial charge in [-0.1, -0.05) is 11.6 Å². The number of thiazole rings is 1. The number of methoxy groups -OCH3 is 1. The van der Waals surface area contributed by atoms with Crippen LogP contribution in [0.15, 0.2) is 42.7 Å². The van der Waals surface area contributed by atoms with Crippen LogP contribution in [0.4, 0.5) is 5.69 Å². The third-order valence-electron chi connectivity index (χ3n) is 3.56. The Morgan fingerprint density at radius 1 is 1.36 bits per heavy atom. The Bertz CT molecular complexity index is 897. The van der Waals surface area contributed by atoms with E-state index in [9.17, 15) is 4.79 Å². The highest BCUT2D eigenvalue weighted by atomic mass is 35.5. The van der Waals surface area contributed by atoms with Crippen LogP contribution in [0, 0.1) is 6.92 Å². The van der Waals surface area contributed by atoms with E-state index in [0.717, 1.165) is 21.1 Å². The van der Waals surface area contributed by atoms with Gasteiger partial charge in [-0.25, -0.2) is 4.98 Å². The Morgan fingerprint density at radius 3 is 2.88 bits per heavy atom. The Labute approximate surface area is 154 Å². The van der Waals surface area contributed by atoms with Crippen LogP contribution in [0.2, 0.25) is 5.02 Å². The molecule has 1 aromatic carbocycles. The number of aromatic nitrogens is 2. The molecule has 0 atom stereocenters. The molecule has 1 amide bonds. The number of carbonyl (C=O) groups excluding carboxylic acids is 1. The monoisotopic (exact) mass is 373 g/mol. The molecule has 3 rings (SSSR count). The first-order valence-corrected chi connectivity index (χ1v) is 8.76. The van der Waals surface area contributed by atoms with E-state index in [-0.39, 0.29) is 12.3 Å². The molecule has 25 heavy (non-hydrogen) atoms. The van der Waals surface area contributed by atoms with Crippen molar-refractivity contribution in [2.24, 2.45) is 0 Å². The number of ether oxygens (including phenoxy) is 1. The van der Waals surface area contributed by atoms with Gasteiger partial charge in [0.25, 0.3) is 0 Å². The number of halogens is 1. The maximum atomic E-state index is 12.3. The van der Waals surface area contributed by atoms with Crippen LogP contribution in [-0.2, 0) is 11.2 Å². The fraction of sp³-hybridized carbons (Fsp3) is 0.167. The molecular weight excluding hydrogens is 358 g/mol. The second kappa shape index (κ2) is 7.63. The van der Waals surface area contributed by atoms with Crippen molar-refractivity contribution in [3.05, 3.63) is 58.3 Å². The summed E-state index contributed by atoms with van der Waals surface area (Å²) in [5.41, 5.74) is 2.43. The van der Waals surface area contributed by atoms with Crippen molar-refractivity contribution in [1.82, 2.24) is 9.97 Å². The molecule has 0 saturated carbocycles. The van der Waals surface area contributed by atoms with Crippen molar-refractivity contribution < 1.29 is 9.53 Å². The van der Waals surface area contributed by atoms with Gasteiger partial charge in [-0.2, -0.15) is 0 Å². The lowest BCUT2D eigenvalue weighted by molar-refractivity contribution is -0.115. The lowest BCUT2D eigenvalue weighted by Gasteiger charge is -2.07. The molecule has 2 aromatic heterocycles. The normalized spacial score (nSPS) is 10.5. The highest BCUT2D eigenvalue weighted by Gasteiger charge is 2.14. The number of nitrogens with one attached hydrogen (secondary N) is 1. The van der Waals surface area contributed by atoms with E-state index >= 15 is 0 Å². The highest BCUT2D eigenvalue weighted by Crippen LogP contribution is 2.29. The number of hydrogen-bond donors (Lipinski definition) is 1. The average molecular weight is 374 g/mol. The molecule has 2 heterocycles. The molecule has 1 N–H and O–H groups in total. The third-order valence-corrected chi connectivity index (χ3v) is 5.06. The van der Waals surface area contributed by atoms with Gasteiger partial charge in [-0.05, 0) is 37.3 Å². The molecule has 0 aliphatic heterocycles. The number of pyridine rings is 1. The summed E-state index contributed by atoms with van der Waals surface area (Å²) in [7, 11) is 1.55. The molecule has 3 aromatic rings. The Hall–Kier alpha value is -2.44. The first-order valence-electron chi connectivity index (χ1n) is 7.57. The summed E-state index contributed by atoms with van der Waals surface area (Å²) in [5, 5.41) is 4.16. The summed E-state index contributed by atoms with van der Waals surface area (Å²) in [6, 6.07) is 8.96. The summed E-state index contributed by atoms with van der Waals surface area (Å²) in [5.74, 6) is 0.449. The van der Waals surface area contributed by atoms with Crippen LogP contribution in [-0.4, -0.2) is 23.0 Å². The number of aryl methyl sites for hydroxylation is 1. The SMILES string of the molecule is COc1ccc(NC(=O)Cc2sc(-c3cccnc3)nc2C)cc1Cl. The van der Waals surface area contributed by atoms with Crippen molar-refractivity contribution in [3.8, 4) is 16.3 Å². The van der Waals surface area contributed by atoms with Gasteiger partial charge >= 0.3 is 0 Å². The van der Waals surface area contributed by atoms with Crippen LogP contribution in [0.3, 0.4) is 0 Å². The minimum atomic E-state index is -0.120.